The van der Waals surface area contributed by atoms with Crippen molar-refractivity contribution in [1.29, 1.82) is 0 Å². The number of aryl methyl sites for hydroxylation is 1. The Labute approximate surface area is 210 Å². The van der Waals surface area contributed by atoms with E-state index >= 15 is 0 Å². The summed E-state index contributed by atoms with van der Waals surface area (Å²) in [7, 11) is 1.99. The highest BCUT2D eigenvalue weighted by Crippen LogP contribution is 2.26. The zero-order valence-electron chi connectivity index (χ0n) is 19.8. The zero-order chi connectivity index (χ0) is 21.6. The molecule has 3 heterocycles. The smallest absolute Gasteiger partial charge is 0.194 e. The SMILES string of the molecule is CCNC(=NCc1ccc(CN2CCCC(C)C2)cc1)N1CCC(c2cnn(C)c2)C1.I. The van der Waals surface area contributed by atoms with Crippen LogP contribution in [0.4, 0.5) is 0 Å². The van der Waals surface area contributed by atoms with Crippen LogP contribution in [0.3, 0.4) is 0 Å². The van der Waals surface area contributed by atoms with Gasteiger partial charge in [0.15, 0.2) is 5.96 Å². The van der Waals surface area contributed by atoms with Crippen molar-refractivity contribution in [3.63, 3.8) is 0 Å². The number of nitrogens with one attached hydrogen (secondary N) is 1. The molecule has 0 amide bonds. The van der Waals surface area contributed by atoms with Gasteiger partial charge in [-0.15, -0.1) is 24.0 Å². The molecule has 0 bridgehead atoms. The normalized spacial score (nSPS) is 22.1. The zero-order valence-corrected chi connectivity index (χ0v) is 22.2. The lowest BCUT2D eigenvalue weighted by Gasteiger charge is -2.30. The molecule has 4 rings (SSSR count). The molecule has 6 nitrogen and oxygen atoms in total. The van der Waals surface area contributed by atoms with Crippen molar-refractivity contribution < 1.29 is 0 Å². The van der Waals surface area contributed by atoms with E-state index in [1.165, 1.54) is 42.6 Å². The molecule has 2 fully saturated rings. The van der Waals surface area contributed by atoms with E-state index < -0.39 is 0 Å². The van der Waals surface area contributed by atoms with E-state index in [2.05, 4.69) is 64.5 Å². The Bertz CT molecular complexity index is 862. The van der Waals surface area contributed by atoms with Gasteiger partial charge >= 0.3 is 0 Å². The van der Waals surface area contributed by atoms with Crippen molar-refractivity contribution >= 4 is 29.9 Å². The highest BCUT2D eigenvalue weighted by molar-refractivity contribution is 14.0. The molecule has 7 heteroatoms. The quantitative estimate of drug-likeness (QED) is 0.333. The predicted molar refractivity (Wildman–Crippen MR) is 142 cm³/mol. The molecule has 1 aromatic carbocycles. The van der Waals surface area contributed by atoms with Crippen LogP contribution in [-0.2, 0) is 20.1 Å². The Hall–Kier alpha value is -1.61. The maximum absolute atomic E-state index is 4.95. The third-order valence-electron chi connectivity index (χ3n) is 6.60. The minimum Gasteiger partial charge on any atom is -0.357 e. The summed E-state index contributed by atoms with van der Waals surface area (Å²) in [6.07, 6.45) is 8.01. The molecule has 0 spiro atoms. The molecule has 1 aromatic heterocycles. The Kier molecular flexibility index (Phi) is 9.40. The van der Waals surface area contributed by atoms with E-state index in [4.69, 9.17) is 4.99 Å². The minimum atomic E-state index is 0. The number of likely N-dealkylation sites (tertiary alicyclic amines) is 2. The molecule has 2 atom stereocenters. The predicted octanol–water partition coefficient (Wildman–Crippen LogP) is 4.23. The fraction of sp³-hybridized carbons (Fsp3) is 0.600. The van der Waals surface area contributed by atoms with Gasteiger partial charge < -0.3 is 10.2 Å². The average Bonchev–Trinajstić information content (AvgIpc) is 3.41. The summed E-state index contributed by atoms with van der Waals surface area (Å²) in [6.45, 7) is 11.7. The fourth-order valence-electron chi connectivity index (χ4n) is 4.91. The summed E-state index contributed by atoms with van der Waals surface area (Å²) in [6, 6.07) is 9.06. The van der Waals surface area contributed by atoms with Crippen molar-refractivity contribution in [3.05, 3.63) is 53.3 Å². The summed E-state index contributed by atoms with van der Waals surface area (Å²) in [5.74, 6) is 2.39. The van der Waals surface area contributed by atoms with Gasteiger partial charge in [-0.1, -0.05) is 31.2 Å². The van der Waals surface area contributed by atoms with Gasteiger partial charge in [0.2, 0.25) is 0 Å². The second kappa shape index (κ2) is 12.0. The first kappa shape index (κ1) is 25.0. The molecule has 176 valence electrons. The first-order valence-corrected chi connectivity index (χ1v) is 11.9. The van der Waals surface area contributed by atoms with Crippen LogP contribution in [0.1, 0.15) is 55.7 Å². The topological polar surface area (TPSA) is 48.7 Å². The fourth-order valence-corrected chi connectivity index (χ4v) is 4.91. The molecule has 2 aliphatic heterocycles. The number of aliphatic imine (C=N–C) groups is 1. The van der Waals surface area contributed by atoms with Crippen molar-refractivity contribution in [1.82, 2.24) is 24.9 Å². The lowest BCUT2D eigenvalue weighted by Crippen LogP contribution is -2.40. The summed E-state index contributed by atoms with van der Waals surface area (Å²) < 4.78 is 1.90. The van der Waals surface area contributed by atoms with Gasteiger partial charge in [-0.25, -0.2) is 4.99 Å². The van der Waals surface area contributed by atoms with Crippen LogP contribution < -0.4 is 5.32 Å². The van der Waals surface area contributed by atoms with E-state index in [0.29, 0.717) is 5.92 Å². The van der Waals surface area contributed by atoms with Gasteiger partial charge in [-0.05, 0) is 55.3 Å². The van der Waals surface area contributed by atoms with Gasteiger partial charge in [0, 0.05) is 51.9 Å². The summed E-state index contributed by atoms with van der Waals surface area (Å²) in [4.78, 5) is 9.94. The summed E-state index contributed by atoms with van der Waals surface area (Å²) >= 11 is 0. The molecular weight excluding hydrogens is 511 g/mol. The average molecular weight is 551 g/mol. The van der Waals surface area contributed by atoms with E-state index in [-0.39, 0.29) is 24.0 Å². The van der Waals surface area contributed by atoms with Crippen molar-refractivity contribution in [2.45, 2.75) is 52.1 Å². The maximum Gasteiger partial charge on any atom is 0.194 e. The van der Waals surface area contributed by atoms with Crippen molar-refractivity contribution in [2.24, 2.45) is 18.0 Å². The van der Waals surface area contributed by atoms with Crippen LogP contribution in [0.25, 0.3) is 0 Å². The number of benzene rings is 1. The van der Waals surface area contributed by atoms with Crippen molar-refractivity contribution in [2.75, 3.05) is 32.7 Å². The lowest BCUT2D eigenvalue weighted by molar-refractivity contribution is 0.176. The van der Waals surface area contributed by atoms with Gasteiger partial charge in [-0.3, -0.25) is 9.58 Å². The molecule has 1 N–H and O–H groups in total. The molecular formula is C25H39IN6. The van der Waals surface area contributed by atoms with Gasteiger partial charge in [-0.2, -0.15) is 5.10 Å². The van der Waals surface area contributed by atoms with E-state index in [1.807, 2.05) is 17.9 Å². The highest BCUT2D eigenvalue weighted by atomic mass is 127. The Balaban J connectivity index is 0.00000289. The number of piperidine rings is 1. The molecule has 0 radical (unpaired) electrons. The van der Waals surface area contributed by atoms with Crippen LogP contribution in [0.2, 0.25) is 0 Å². The molecule has 0 saturated carbocycles. The second-order valence-corrected chi connectivity index (χ2v) is 9.35. The largest absolute Gasteiger partial charge is 0.357 e. The monoisotopic (exact) mass is 550 g/mol. The van der Waals surface area contributed by atoms with Gasteiger partial charge in [0.1, 0.15) is 0 Å². The van der Waals surface area contributed by atoms with Crippen LogP contribution in [0.5, 0.6) is 0 Å². The molecule has 32 heavy (non-hydrogen) atoms. The Morgan fingerprint density at radius 1 is 1.12 bits per heavy atom. The van der Waals surface area contributed by atoms with Crippen LogP contribution in [-0.4, -0.2) is 58.3 Å². The Morgan fingerprint density at radius 3 is 2.59 bits per heavy atom. The number of aromatic nitrogens is 2. The van der Waals surface area contributed by atoms with Gasteiger partial charge in [0.05, 0.1) is 12.7 Å². The molecule has 2 aromatic rings. The number of hydrogen-bond acceptors (Lipinski definition) is 3. The number of rotatable bonds is 6. The van der Waals surface area contributed by atoms with E-state index in [9.17, 15) is 0 Å². The molecule has 0 aliphatic carbocycles. The molecule has 2 unspecified atom stereocenters. The number of hydrogen-bond donors (Lipinski definition) is 1. The van der Waals surface area contributed by atoms with Crippen LogP contribution >= 0.6 is 24.0 Å². The van der Waals surface area contributed by atoms with E-state index in [0.717, 1.165) is 51.0 Å². The Morgan fingerprint density at radius 2 is 1.91 bits per heavy atom. The number of guanidine groups is 1. The highest BCUT2D eigenvalue weighted by Gasteiger charge is 2.26. The standard InChI is InChI=1S/C25H38N6.HI/c1-4-26-25(31-13-11-23(19-31)24-15-28-29(3)18-24)27-14-21-7-9-22(10-8-21)17-30-12-5-6-20(2)16-30;/h7-10,15,18,20,23H,4-6,11-14,16-17,19H2,1-3H3,(H,26,27);1H. The lowest BCUT2D eigenvalue weighted by atomic mass is 9.99. The number of halogens is 1. The van der Waals surface area contributed by atoms with Crippen LogP contribution in [0, 0.1) is 5.92 Å². The van der Waals surface area contributed by atoms with Gasteiger partial charge in [0.25, 0.3) is 0 Å². The van der Waals surface area contributed by atoms with E-state index in [1.54, 1.807) is 0 Å². The second-order valence-electron chi connectivity index (χ2n) is 9.35. The third kappa shape index (κ3) is 6.70. The molecule has 2 saturated heterocycles. The van der Waals surface area contributed by atoms with Crippen molar-refractivity contribution in [3.8, 4) is 0 Å². The van der Waals surface area contributed by atoms with Crippen LogP contribution in [0.15, 0.2) is 41.7 Å². The first-order valence-electron chi connectivity index (χ1n) is 11.9. The minimum absolute atomic E-state index is 0. The summed E-state index contributed by atoms with van der Waals surface area (Å²) in [5.41, 5.74) is 4.02. The number of nitrogens with zero attached hydrogens (tertiary/aromatic N) is 5. The first-order chi connectivity index (χ1) is 15.1. The maximum atomic E-state index is 4.95. The molecule has 2 aliphatic rings. The summed E-state index contributed by atoms with van der Waals surface area (Å²) in [5, 5.41) is 7.83. The third-order valence-corrected chi connectivity index (χ3v) is 6.60.